The lowest BCUT2D eigenvalue weighted by molar-refractivity contribution is -0.138. The zero-order valence-electron chi connectivity index (χ0n) is 11.6. The Balaban J connectivity index is 1.52. The average Bonchev–Trinajstić information content (AvgIpc) is 3.11. The van der Waals surface area contributed by atoms with Gasteiger partial charge in [0.25, 0.3) is 0 Å². The van der Waals surface area contributed by atoms with Crippen LogP contribution in [0.5, 0.6) is 0 Å². The number of carbonyl (C=O) groups is 1. The van der Waals surface area contributed by atoms with E-state index in [9.17, 15) is 4.79 Å². The van der Waals surface area contributed by atoms with Crippen LogP contribution in [0.1, 0.15) is 11.3 Å². The lowest BCUT2D eigenvalue weighted by Gasteiger charge is -2.37. The van der Waals surface area contributed by atoms with Crippen molar-refractivity contribution in [2.45, 2.75) is 18.5 Å². The highest BCUT2D eigenvalue weighted by molar-refractivity contribution is 7.09. The molecule has 1 unspecified atom stereocenters. The number of piperazine rings is 1. The molecule has 2 saturated heterocycles. The van der Waals surface area contributed by atoms with E-state index in [0.29, 0.717) is 19.6 Å². The van der Waals surface area contributed by atoms with E-state index in [-0.39, 0.29) is 5.91 Å². The van der Waals surface area contributed by atoms with Gasteiger partial charge in [0.2, 0.25) is 5.91 Å². The number of hydrogen-bond acceptors (Lipinski definition) is 5. The molecule has 1 amide bonds. The van der Waals surface area contributed by atoms with Crippen molar-refractivity contribution in [2.75, 3.05) is 39.4 Å². The molecule has 1 atom stereocenters. The highest BCUT2D eigenvalue weighted by atomic mass is 32.1. The van der Waals surface area contributed by atoms with Crippen molar-refractivity contribution < 1.29 is 9.53 Å². The maximum atomic E-state index is 12.5. The van der Waals surface area contributed by atoms with E-state index >= 15 is 0 Å². The van der Waals surface area contributed by atoms with Gasteiger partial charge in [-0.3, -0.25) is 9.69 Å². The number of thiophene rings is 1. The molecule has 3 heterocycles. The number of ether oxygens (including phenoxy) is 1. The Hall–Kier alpha value is -0.950. The number of nitrogens with zero attached hydrogens (tertiary/aromatic N) is 2. The first-order valence-electron chi connectivity index (χ1n) is 7.08. The van der Waals surface area contributed by atoms with E-state index in [2.05, 4.69) is 22.4 Å². The molecule has 2 N–H and O–H groups in total. The third kappa shape index (κ3) is 2.88. The van der Waals surface area contributed by atoms with Crippen LogP contribution in [0.25, 0.3) is 0 Å². The Morgan fingerprint density at radius 3 is 2.80 bits per heavy atom. The zero-order chi connectivity index (χ0) is 14.0. The second-order valence-corrected chi connectivity index (χ2v) is 6.64. The molecule has 0 bridgehead atoms. The molecule has 2 aliphatic heterocycles. The minimum atomic E-state index is -0.782. The third-order valence-corrected chi connectivity index (χ3v) is 4.96. The number of hydrogen-bond donors (Lipinski definition) is 1. The van der Waals surface area contributed by atoms with Gasteiger partial charge in [0.15, 0.2) is 0 Å². The minimum Gasteiger partial charge on any atom is -0.379 e. The van der Waals surface area contributed by atoms with Crippen molar-refractivity contribution in [2.24, 2.45) is 5.73 Å². The molecular weight excluding hydrogens is 274 g/mol. The van der Waals surface area contributed by atoms with Crippen LogP contribution >= 0.6 is 11.3 Å². The molecule has 0 aromatic carbocycles. The Kier molecular flexibility index (Phi) is 4.07. The van der Waals surface area contributed by atoms with Crippen LogP contribution in [0.2, 0.25) is 0 Å². The fourth-order valence-corrected chi connectivity index (χ4v) is 3.54. The van der Waals surface area contributed by atoms with Gasteiger partial charge in [-0.25, -0.2) is 0 Å². The van der Waals surface area contributed by atoms with Crippen molar-refractivity contribution in [3.05, 3.63) is 22.4 Å². The van der Waals surface area contributed by atoms with Gasteiger partial charge in [-0.15, -0.1) is 11.3 Å². The minimum absolute atomic E-state index is 0.0609. The van der Waals surface area contributed by atoms with E-state index in [1.807, 2.05) is 4.90 Å². The van der Waals surface area contributed by atoms with Crippen LogP contribution in [0.4, 0.5) is 0 Å². The second kappa shape index (κ2) is 5.81. The van der Waals surface area contributed by atoms with Crippen molar-refractivity contribution in [1.29, 1.82) is 0 Å². The largest absolute Gasteiger partial charge is 0.379 e. The summed E-state index contributed by atoms with van der Waals surface area (Å²) in [6, 6.07) is 4.24. The van der Waals surface area contributed by atoms with Crippen molar-refractivity contribution >= 4 is 17.2 Å². The summed E-state index contributed by atoms with van der Waals surface area (Å²) in [4.78, 5) is 18.1. The van der Waals surface area contributed by atoms with Crippen molar-refractivity contribution in [1.82, 2.24) is 9.80 Å². The van der Waals surface area contributed by atoms with Crippen molar-refractivity contribution in [3.8, 4) is 0 Å². The number of rotatable bonds is 3. The first-order chi connectivity index (χ1) is 9.67. The van der Waals surface area contributed by atoms with Crippen molar-refractivity contribution in [3.63, 3.8) is 0 Å². The molecule has 2 aliphatic rings. The fraction of sp³-hybridized carbons (Fsp3) is 0.643. The van der Waals surface area contributed by atoms with E-state index in [4.69, 9.17) is 10.5 Å². The van der Waals surface area contributed by atoms with Gasteiger partial charge in [-0.2, -0.15) is 0 Å². The molecule has 6 heteroatoms. The summed E-state index contributed by atoms with van der Waals surface area (Å²) in [5.41, 5.74) is 5.37. The van der Waals surface area contributed by atoms with Crippen LogP contribution in [0, 0.1) is 0 Å². The number of nitrogens with two attached hydrogens (primary N) is 1. The maximum Gasteiger partial charge on any atom is 0.245 e. The lowest BCUT2D eigenvalue weighted by Crippen LogP contribution is -2.59. The van der Waals surface area contributed by atoms with Crippen LogP contribution in [0.3, 0.4) is 0 Å². The van der Waals surface area contributed by atoms with E-state index in [1.54, 1.807) is 11.3 Å². The highest BCUT2D eigenvalue weighted by Crippen LogP contribution is 2.20. The molecule has 0 aliphatic carbocycles. The lowest BCUT2D eigenvalue weighted by atomic mass is 9.98. The SMILES string of the molecule is NC1(C(=O)N2CCN(Cc3cccs3)CC2)CCOC1. The Labute approximate surface area is 123 Å². The standard InChI is InChI=1S/C14H21N3O2S/c15-14(3-8-19-11-14)13(18)17-6-4-16(5-7-17)10-12-2-1-9-20-12/h1-2,9H,3-8,10-11,15H2. The molecule has 0 saturated carbocycles. The Bertz CT molecular complexity index is 449. The molecule has 110 valence electrons. The molecule has 0 spiro atoms. The molecule has 1 aromatic heterocycles. The van der Waals surface area contributed by atoms with Gasteiger partial charge in [-0.05, 0) is 17.9 Å². The monoisotopic (exact) mass is 295 g/mol. The molecule has 0 radical (unpaired) electrons. The number of carbonyl (C=O) groups excluding carboxylic acids is 1. The normalized spacial score (nSPS) is 27.9. The smallest absolute Gasteiger partial charge is 0.245 e. The molecule has 2 fully saturated rings. The average molecular weight is 295 g/mol. The van der Waals surface area contributed by atoms with Gasteiger partial charge in [-0.1, -0.05) is 6.07 Å². The van der Waals surface area contributed by atoms with Crippen LogP contribution in [-0.4, -0.2) is 60.6 Å². The Morgan fingerprint density at radius 2 is 2.20 bits per heavy atom. The van der Waals surface area contributed by atoms with Gasteiger partial charge < -0.3 is 15.4 Å². The van der Waals surface area contributed by atoms with Crippen LogP contribution < -0.4 is 5.73 Å². The molecular formula is C14H21N3O2S. The predicted octanol–water partition coefficient (Wildman–Crippen LogP) is 0.510. The summed E-state index contributed by atoms with van der Waals surface area (Å²) >= 11 is 1.78. The molecule has 5 nitrogen and oxygen atoms in total. The molecule has 3 rings (SSSR count). The first-order valence-corrected chi connectivity index (χ1v) is 7.96. The zero-order valence-corrected chi connectivity index (χ0v) is 12.4. The predicted molar refractivity (Wildman–Crippen MR) is 78.5 cm³/mol. The summed E-state index contributed by atoms with van der Waals surface area (Å²) in [7, 11) is 0. The van der Waals surface area contributed by atoms with Crippen LogP contribution in [-0.2, 0) is 16.1 Å². The third-order valence-electron chi connectivity index (χ3n) is 4.10. The van der Waals surface area contributed by atoms with Crippen LogP contribution in [0.15, 0.2) is 17.5 Å². The fourth-order valence-electron chi connectivity index (χ4n) is 2.80. The maximum absolute atomic E-state index is 12.5. The Morgan fingerprint density at radius 1 is 1.40 bits per heavy atom. The summed E-state index contributed by atoms with van der Waals surface area (Å²) in [5, 5.41) is 2.10. The molecule has 20 heavy (non-hydrogen) atoms. The summed E-state index contributed by atoms with van der Waals surface area (Å²) < 4.78 is 5.28. The highest BCUT2D eigenvalue weighted by Gasteiger charge is 2.41. The van der Waals surface area contributed by atoms with E-state index < -0.39 is 5.54 Å². The number of amides is 1. The quantitative estimate of drug-likeness (QED) is 0.883. The second-order valence-electron chi connectivity index (χ2n) is 5.61. The first kappa shape index (κ1) is 14.0. The summed E-state index contributed by atoms with van der Waals surface area (Å²) in [6.07, 6.45) is 0.640. The molecule has 1 aromatic rings. The van der Waals surface area contributed by atoms with Gasteiger partial charge in [0, 0.05) is 44.2 Å². The van der Waals surface area contributed by atoms with Gasteiger partial charge in [0.1, 0.15) is 5.54 Å². The van der Waals surface area contributed by atoms with E-state index in [1.165, 1.54) is 4.88 Å². The van der Waals surface area contributed by atoms with Gasteiger partial charge >= 0.3 is 0 Å². The van der Waals surface area contributed by atoms with Gasteiger partial charge in [0.05, 0.1) is 6.61 Å². The summed E-state index contributed by atoms with van der Waals surface area (Å²) in [5.74, 6) is 0.0609. The topological polar surface area (TPSA) is 58.8 Å². The summed E-state index contributed by atoms with van der Waals surface area (Å²) in [6.45, 7) is 5.31. The van der Waals surface area contributed by atoms with E-state index in [0.717, 1.165) is 32.7 Å².